The second-order valence-electron chi connectivity index (χ2n) is 6.40. The summed E-state index contributed by atoms with van der Waals surface area (Å²) in [6.07, 6.45) is 8.45. The molecule has 0 amide bonds. The van der Waals surface area contributed by atoms with Crippen LogP contribution >= 0.6 is 11.3 Å². The normalized spacial score (nSPS) is 14.9. The van der Waals surface area contributed by atoms with Crippen LogP contribution in [0.15, 0.2) is 54.6 Å². The highest BCUT2D eigenvalue weighted by atomic mass is 32.1. The number of ketones is 1. The number of ether oxygens (including phenoxy) is 1. The third-order valence-corrected chi connectivity index (χ3v) is 5.55. The first kappa shape index (κ1) is 18.1. The van der Waals surface area contributed by atoms with Crippen LogP contribution < -0.4 is 4.74 Å². The van der Waals surface area contributed by atoms with E-state index in [1.807, 2.05) is 22.9 Å². The molecule has 0 bridgehead atoms. The van der Waals surface area contributed by atoms with Crippen molar-refractivity contribution in [1.29, 1.82) is 0 Å². The summed E-state index contributed by atoms with van der Waals surface area (Å²) in [5.74, 6) is 0.718. The highest BCUT2D eigenvalue weighted by Gasteiger charge is 2.23. The third-order valence-electron chi connectivity index (χ3n) is 4.56. The van der Waals surface area contributed by atoms with E-state index in [-0.39, 0.29) is 10.8 Å². The number of Topliss-reactive ketones (excluding diaryl/α,β-unsaturated/α-hetero) is 1. The zero-order valence-electron chi connectivity index (χ0n) is 14.9. The van der Waals surface area contributed by atoms with E-state index in [4.69, 9.17) is 4.74 Å². The molecule has 0 spiro atoms. The molecule has 7 nitrogen and oxygen atoms in total. The maximum atomic E-state index is 12.8. The number of imidazole rings is 1. The lowest BCUT2D eigenvalue weighted by atomic mass is 9.86. The molecule has 0 aliphatic heterocycles. The van der Waals surface area contributed by atoms with Gasteiger partial charge in [-0.1, -0.05) is 11.3 Å². The second kappa shape index (κ2) is 7.77. The van der Waals surface area contributed by atoms with Crippen molar-refractivity contribution in [3.63, 3.8) is 0 Å². The maximum Gasteiger partial charge on any atom is 0.324 e. The van der Waals surface area contributed by atoms with Gasteiger partial charge in [-0.2, -0.15) is 0 Å². The number of aromatic nitrogens is 2. The fourth-order valence-electron chi connectivity index (χ4n) is 3.16. The lowest BCUT2D eigenvalue weighted by Crippen LogP contribution is -2.14. The number of nitro groups is 1. The highest BCUT2D eigenvalue weighted by Crippen LogP contribution is 2.32. The maximum absolute atomic E-state index is 12.8. The smallest absolute Gasteiger partial charge is 0.324 e. The average Bonchev–Trinajstić information content (AvgIpc) is 3.36. The Kier molecular flexibility index (Phi) is 5.03. The zero-order chi connectivity index (χ0) is 19.5. The van der Waals surface area contributed by atoms with Crippen molar-refractivity contribution in [2.24, 2.45) is 0 Å². The molecule has 1 aromatic carbocycles. The Morgan fingerprint density at radius 3 is 2.93 bits per heavy atom. The molecule has 0 radical (unpaired) electrons. The van der Waals surface area contributed by atoms with Crippen LogP contribution in [0.4, 0.5) is 5.00 Å². The molecular weight excluding hydrogens is 378 g/mol. The molecular formula is C20H17N3O4S. The van der Waals surface area contributed by atoms with Crippen molar-refractivity contribution in [3.8, 4) is 5.75 Å². The van der Waals surface area contributed by atoms with Crippen molar-refractivity contribution in [3.05, 3.63) is 80.7 Å². The molecule has 8 heteroatoms. The van der Waals surface area contributed by atoms with Crippen molar-refractivity contribution >= 4 is 28.2 Å². The number of carbonyl (C=O) groups is 1. The van der Waals surface area contributed by atoms with E-state index >= 15 is 0 Å². The standard InChI is InChI=1S/C20H17N3O4S/c24-20-15(12-17-4-6-19(28-17)23(25)26)2-1-14-11-16(3-5-18(14)20)27-10-9-22-8-7-21-13-22/h3-8,11-13H,1-2,9-10H2. The van der Waals surface area contributed by atoms with E-state index in [0.717, 1.165) is 33.9 Å². The van der Waals surface area contributed by atoms with Gasteiger partial charge in [-0.15, -0.1) is 0 Å². The number of hydrogen-bond donors (Lipinski definition) is 0. The van der Waals surface area contributed by atoms with E-state index in [1.54, 1.807) is 30.7 Å². The van der Waals surface area contributed by atoms with Gasteiger partial charge in [0.05, 0.1) is 17.8 Å². The minimum atomic E-state index is -0.418. The van der Waals surface area contributed by atoms with Crippen molar-refractivity contribution in [2.75, 3.05) is 6.61 Å². The summed E-state index contributed by atoms with van der Waals surface area (Å²) in [5, 5.41) is 10.9. The summed E-state index contributed by atoms with van der Waals surface area (Å²) in [4.78, 5) is 27.9. The number of aryl methyl sites for hydroxylation is 1. The number of allylic oxidation sites excluding steroid dienone is 1. The molecule has 142 valence electrons. The monoisotopic (exact) mass is 395 g/mol. The van der Waals surface area contributed by atoms with Crippen LogP contribution in [0.1, 0.15) is 27.2 Å². The Balaban J connectivity index is 1.45. The van der Waals surface area contributed by atoms with E-state index in [2.05, 4.69) is 4.98 Å². The number of rotatable bonds is 6. The number of carbonyl (C=O) groups excluding carboxylic acids is 1. The zero-order valence-corrected chi connectivity index (χ0v) is 15.7. The minimum absolute atomic E-state index is 0.0257. The van der Waals surface area contributed by atoms with E-state index in [0.29, 0.717) is 30.7 Å². The van der Waals surface area contributed by atoms with Crippen LogP contribution in [-0.2, 0) is 13.0 Å². The molecule has 4 rings (SSSR count). The van der Waals surface area contributed by atoms with Crippen molar-refractivity contribution in [1.82, 2.24) is 9.55 Å². The Labute approximate surface area is 165 Å². The molecule has 0 unspecified atom stereocenters. The lowest BCUT2D eigenvalue weighted by molar-refractivity contribution is -0.380. The van der Waals surface area contributed by atoms with Gasteiger partial charge in [0, 0.05) is 34.5 Å². The Hall–Kier alpha value is -3.26. The summed E-state index contributed by atoms with van der Waals surface area (Å²) in [6, 6.07) is 8.67. The molecule has 0 fully saturated rings. The summed E-state index contributed by atoms with van der Waals surface area (Å²) in [6.45, 7) is 1.22. The SMILES string of the molecule is O=C1C(=Cc2ccc([N+](=O)[O-])s2)CCc2cc(OCCn3ccnc3)ccc21. The lowest BCUT2D eigenvalue weighted by Gasteiger charge is -2.18. The van der Waals surface area contributed by atoms with Crippen LogP contribution in [0.5, 0.6) is 5.75 Å². The Morgan fingerprint density at radius 1 is 1.29 bits per heavy atom. The predicted molar refractivity (Wildman–Crippen MR) is 106 cm³/mol. The van der Waals surface area contributed by atoms with E-state index in [9.17, 15) is 14.9 Å². The first-order chi connectivity index (χ1) is 13.6. The fourth-order valence-corrected chi connectivity index (χ4v) is 3.95. The van der Waals surface area contributed by atoms with Crippen LogP contribution in [0.3, 0.4) is 0 Å². The van der Waals surface area contributed by atoms with Gasteiger partial charge in [-0.3, -0.25) is 14.9 Å². The molecule has 28 heavy (non-hydrogen) atoms. The first-order valence-electron chi connectivity index (χ1n) is 8.81. The highest BCUT2D eigenvalue weighted by molar-refractivity contribution is 7.16. The van der Waals surface area contributed by atoms with Gasteiger partial charge in [0.15, 0.2) is 5.78 Å². The largest absolute Gasteiger partial charge is 0.492 e. The van der Waals surface area contributed by atoms with Crippen LogP contribution in [-0.4, -0.2) is 26.9 Å². The summed E-state index contributed by atoms with van der Waals surface area (Å²) >= 11 is 1.07. The predicted octanol–water partition coefficient (Wildman–Crippen LogP) is 4.14. The molecule has 2 heterocycles. The summed E-state index contributed by atoms with van der Waals surface area (Å²) in [5.41, 5.74) is 2.32. The van der Waals surface area contributed by atoms with Crippen LogP contribution in [0, 0.1) is 10.1 Å². The van der Waals surface area contributed by atoms with Crippen molar-refractivity contribution in [2.45, 2.75) is 19.4 Å². The van der Waals surface area contributed by atoms with Crippen LogP contribution in [0.2, 0.25) is 0 Å². The quantitative estimate of drug-likeness (QED) is 0.356. The van der Waals surface area contributed by atoms with Crippen LogP contribution in [0.25, 0.3) is 6.08 Å². The van der Waals surface area contributed by atoms with Gasteiger partial charge in [0.25, 0.3) is 0 Å². The van der Waals surface area contributed by atoms with E-state index in [1.165, 1.54) is 6.07 Å². The molecule has 3 aromatic rings. The molecule has 0 saturated heterocycles. The number of hydrogen-bond acceptors (Lipinski definition) is 6. The molecule has 0 saturated carbocycles. The number of fused-ring (bicyclic) bond motifs is 1. The number of nitrogens with zero attached hydrogens (tertiary/aromatic N) is 3. The molecule has 1 aliphatic carbocycles. The average molecular weight is 395 g/mol. The molecule has 0 N–H and O–H groups in total. The summed E-state index contributed by atoms with van der Waals surface area (Å²) < 4.78 is 7.73. The Bertz CT molecular complexity index is 1050. The topological polar surface area (TPSA) is 87.3 Å². The van der Waals surface area contributed by atoms with Gasteiger partial charge in [-0.05, 0) is 48.7 Å². The van der Waals surface area contributed by atoms with E-state index < -0.39 is 4.92 Å². The third kappa shape index (κ3) is 3.86. The first-order valence-corrected chi connectivity index (χ1v) is 9.63. The number of thiophene rings is 1. The molecule has 0 atom stereocenters. The molecule has 1 aliphatic rings. The van der Waals surface area contributed by atoms with Gasteiger partial charge >= 0.3 is 5.00 Å². The minimum Gasteiger partial charge on any atom is -0.492 e. The number of benzene rings is 1. The van der Waals surface area contributed by atoms with Gasteiger partial charge in [-0.25, -0.2) is 4.98 Å². The van der Waals surface area contributed by atoms with Gasteiger partial charge < -0.3 is 9.30 Å². The van der Waals surface area contributed by atoms with Crippen molar-refractivity contribution < 1.29 is 14.5 Å². The van der Waals surface area contributed by atoms with Gasteiger partial charge in [0.2, 0.25) is 0 Å². The van der Waals surface area contributed by atoms with Gasteiger partial charge in [0.1, 0.15) is 12.4 Å². The fraction of sp³-hybridized carbons (Fsp3) is 0.200. The Morgan fingerprint density at radius 2 is 2.18 bits per heavy atom. The second-order valence-corrected chi connectivity index (χ2v) is 7.49. The summed E-state index contributed by atoms with van der Waals surface area (Å²) in [7, 11) is 0. The molecule has 2 aromatic heterocycles.